The van der Waals surface area contributed by atoms with Gasteiger partial charge in [-0.05, 0) is 88.4 Å². The van der Waals surface area contributed by atoms with Gasteiger partial charge in [0, 0.05) is 60.6 Å². The van der Waals surface area contributed by atoms with E-state index in [4.69, 9.17) is 4.74 Å². The number of hydrogen-bond donors (Lipinski definition) is 1. The highest BCUT2D eigenvalue weighted by Gasteiger charge is 2.33. The summed E-state index contributed by atoms with van der Waals surface area (Å²) in [6, 6.07) is 18.7. The summed E-state index contributed by atoms with van der Waals surface area (Å²) in [7, 11) is 0. The normalized spacial score (nSPS) is 17.9. The van der Waals surface area contributed by atoms with Crippen molar-refractivity contribution in [2.45, 2.75) is 58.6 Å². The van der Waals surface area contributed by atoms with E-state index in [0.717, 1.165) is 58.6 Å². The minimum absolute atomic E-state index is 0.0424. The van der Waals surface area contributed by atoms with Crippen LogP contribution >= 0.6 is 0 Å². The number of amides is 2. The van der Waals surface area contributed by atoms with Crippen LogP contribution in [0.2, 0.25) is 0 Å². The molecule has 1 saturated carbocycles. The third-order valence-electron chi connectivity index (χ3n) is 10.3. The van der Waals surface area contributed by atoms with Crippen LogP contribution in [-0.4, -0.2) is 96.9 Å². The van der Waals surface area contributed by atoms with Gasteiger partial charge < -0.3 is 14.5 Å². The molecule has 5 aromatic rings. The maximum absolute atomic E-state index is 13.9. The van der Waals surface area contributed by atoms with Gasteiger partial charge in [-0.15, -0.1) is 0 Å². The quantitative estimate of drug-likeness (QED) is 0.178. The molecule has 2 aliphatic heterocycles. The minimum atomic E-state index is -0.168. The van der Waals surface area contributed by atoms with Gasteiger partial charge in [0.15, 0.2) is 5.82 Å². The summed E-state index contributed by atoms with van der Waals surface area (Å²) in [5.74, 6) is 1.36. The molecule has 1 saturated heterocycles. The average molecular weight is 700 g/mol. The monoisotopic (exact) mass is 699 g/mol. The van der Waals surface area contributed by atoms with Crippen molar-refractivity contribution in [3.63, 3.8) is 0 Å². The molecular weight excluding hydrogens is 654 g/mol. The number of nitrogens with one attached hydrogen (secondary N) is 1. The molecule has 0 spiro atoms. The molecular formula is C40H45N9O3. The van der Waals surface area contributed by atoms with Gasteiger partial charge in [0.2, 0.25) is 17.7 Å². The molecule has 12 heteroatoms. The molecule has 8 rings (SSSR count). The number of anilines is 1. The minimum Gasteiger partial charge on any atom is -0.475 e. The molecule has 0 unspecified atom stereocenters. The fourth-order valence-corrected chi connectivity index (χ4v) is 7.29. The largest absolute Gasteiger partial charge is 0.475 e. The van der Waals surface area contributed by atoms with E-state index in [0.29, 0.717) is 44.6 Å². The highest BCUT2D eigenvalue weighted by molar-refractivity contribution is 6.00. The number of hydrogen-bond acceptors (Lipinski definition) is 8. The van der Waals surface area contributed by atoms with Crippen LogP contribution in [0.1, 0.15) is 58.1 Å². The molecule has 2 amide bonds. The number of pyridine rings is 1. The maximum atomic E-state index is 13.9. The summed E-state index contributed by atoms with van der Waals surface area (Å²) >= 11 is 0. The molecule has 5 heterocycles. The zero-order chi connectivity index (χ0) is 35.8. The Labute approximate surface area is 303 Å². The Morgan fingerprint density at radius 2 is 1.79 bits per heavy atom. The summed E-state index contributed by atoms with van der Waals surface area (Å²) in [6.07, 6.45) is 9.71. The van der Waals surface area contributed by atoms with Crippen molar-refractivity contribution in [2.24, 2.45) is 5.92 Å². The van der Waals surface area contributed by atoms with Crippen LogP contribution in [-0.2, 0) is 9.59 Å². The third-order valence-corrected chi connectivity index (χ3v) is 10.3. The van der Waals surface area contributed by atoms with Crippen LogP contribution in [0.15, 0.2) is 73.2 Å². The molecule has 268 valence electrons. The molecule has 3 aliphatic rings. The van der Waals surface area contributed by atoms with Crippen LogP contribution in [0.25, 0.3) is 39.1 Å². The summed E-state index contributed by atoms with van der Waals surface area (Å²) in [6.45, 7) is 9.38. The number of rotatable bonds is 11. The van der Waals surface area contributed by atoms with Crippen molar-refractivity contribution in [1.82, 2.24) is 39.7 Å². The first-order valence-electron chi connectivity index (χ1n) is 18.5. The Bertz CT molecular complexity index is 2100. The predicted molar refractivity (Wildman–Crippen MR) is 201 cm³/mol. The molecule has 0 radical (unpaired) electrons. The molecule has 2 fully saturated rings. The second-order valence-corrected chi connectivity index (χ2v) is 14.3. The number of H-pyrrole nitrogens is 1. The van der Waals surface area contributed by atoms with E-state index in [1.54, 1.807) is 6.20 Å². The van der Waals surface area contributed by atoms with Crippen LogP contribution < -0.4 is 9.64 Å². The molecule has 2 aromatic carbocycles. The van der Waals surface area contributed by atoms with E-state index in [2.05, 4.69) is 60.5 Å². The lowest BCUT2D eigenvalue weighted by Crippen LogP contribution is -2.42. The van der Waals surface area contributed by atoms with Crippen molar-refractivity contribution < 1.29 is 14.3 Å². The second-order valence-electron chi connectivity index (χ2n) is 14.3. The summed E-state index contributed by atoms with van der Waals surface area (Å²) < 4.78 is 7.67. The summed E-state index contributed by atoms with van der Waals surface area (Å²) in [5.41, 5.74) is 6.80. The van der Waals surface area contributed by atoms with Gasteiger partial charge in [-0.2, -0.15) is 10.2 Å². The summed E-state index contributed by atoms with van der Waals surface area (Å²) in [5, 5.41) is 13.2. The molecule has 3 aromatic heterocycles. The number of likely N-dealkylation sites (tertiary alicyclic amines) is 1. The predicted octanol–water partition coefficient (Wildman–Crippen LogP) is 6.00. The van der Waals surface area contributed by atoms with Crippen molar-refractivity contribution in [2.75, 3.05) is 44.2 Å². The van der Waals surface area contributed by atoms with Gasteiger partial charge >= 0.3 is 0 Å². The fourth-order valence-electron chi connectivity index (χ4n) is 7.29. The number of carbonyl (C=O) groups excluding carboxylic acids is 2. The molecule has 0 bridgehead atoms. The SMILES string of the molecule is CCN(C(=O)[C@@H]1CCN(CC(=O)N2CC=C(c3ccc(-c4ncn(C5CC5)n4)cc3)CC2)C1)c1ccc2[nH]nc(-c3ccc(OC(C)C)nc3)c2c1. The van der Waals surface area contributed by atoms with Gasteiger partial charge in [-0.1, -0.05) is 30.3 Å². The first kappa shape index (κ1) is 33.8. The zero-order valence-corrected chi connectivity index (χ0v) is 30.0. The number of benzene rings is 2. The summed E-state index contributed by atoms with van der Waals surface area (Å²) in [4.78, 5) is 42.1. The topological polar surface area (TPSA) is 125 Å². The molecule has 1 aliphatic carbocycles. The van der Waals surface area contributed by atoms with Crippen LogP contribution in [0.5, 0.6) is 5.88 Å². The number of nitrogens with zero attached hydrogens (tertiary/aromatic N) is 8. The van der Waals surface area contributed by atoms with E-state index >= 15 is 0 Å². The Morgan fingerprint density at radius 3 is 2.50 bits per heavy atom. The second kappa shape index (κ2) is 14.3. The number of ether oxygens (including phenoxy) is 1. The lowest BCUT2D eigenvalue weighted by atomic mass is 9.98. The number of fused-ring (bicyclic) bond motifs is 1. The highest BCUT2D eigenvalue weighted by atomic mass is 16.5. The Kier molecular flexibility index (Phi) is 9.31. The Balaban J connectivity index is 0.862. The van der Waals surface area contributed by atoms with E-state index in [1.165, 1.54) is 24.0 Å². The smallest absolute Gasteiger partial charge is 0.237 e. The van der Waals surface area contributed by atoms with Crippen molar-refractivity contribution in [1.29, 1.82) is 0 Å². The van der Waals surface area contributed by atoms with Crippen LogP contribution in [0.4, 0.5) is 5.69 Å². The zero-order valence-electron chi connectivity index (χ0n) is 30.0. The van der Waals surface area contributed by atoms with Gasteiger partial charge in [0.25, 0.3) is 0 Å². The van der Waals surface area contributed by atoms with E-state index in [-0.39, 0.29) is 23.8 Å². The van der Waals surface area contributed by atoms with Gasteiger partial charge in [0.1, 0.15) is 12.0 Å². The number of carbonyl (C=O) groups is 2. The standard InChI is InChI=1S/C40H45N9O3/c1-4-48(33-12-13-35-34(21-33)38(44-43-35)30-9-14-36(41-22-30)52-26(2)3)40(51)31-15-18-46(23-31)24-37(50)47-19-16-28(17-20-47)27-5-7-29(8-6-27)39-42-25-49(45-39)32-10-11-32/h5-9,12-14,16,21-22,25-26,31-32H,4,10-11,15,17-20,23-24H2,1-3H3,(H,43,44)/t31-/m1/s1. The molecule has 12 nitrogen and oxygen atoms in total. The lowest BCUT2D eigenvalue weighted by Gasteiger charge is -2.29. The highest BCUT2D eigenvalue weighted by Crippen LogP contribution is 2.35. The lowest BCUT2D eigenvalue weighted by molar-refractivity contribution is -0.132. The van der Waals surface area contributed by atoms with Crippen LogP contribution in [0.3, 0.4) is 0 Å². The Morgan fingerprint density at radius 1 is 0.981 bits per heavy atom. The first-order chi connectivity index (χ1) is 25.3. The van der Waals surface area contributed by atoms with Crippen LogP contribution in [0, 0.1) is 5.92 Å². The first-order valence-corrected chi connectivity index (χ1v) is 18.5. The third kappa shape index (κ3) is 7.07. The molecule has 1 N–H and O–H groups in total. The van der Waals surface area contributed by atoms with E-state index in [9.17, 15) is 9.59 Å². The van der Waals surface area contributed by atoms with Gasteiger partial charge in [-0.3, -0.25) is 19.6 Å². The fraction of sp³-hybridized carbons (Fsp3) is 0.400. The van der Waals surface area contributed by atoms with E-state index < -0.39 is 0 Å². The Hall–Kier alpha value is -5.36. The maximum Gasteiger partial charge on any atom is 0.237 e. The van der Waals surface area contributed by atoms with Gasteiger partial charge in [-0.25, -0.2) is 14.6 Å². The number of aromatic nitrogens is 6. The average Bonchev–Trinajstić information content (AvgIpc) is 3.50. The number of aromatic amines is 1. The van der Waals surface area contributed by atoms with Crippen molar-refractivity contribution in [3.05, 3.63) is 78.8 Å². The van der Waals surface area contributed by atoms with E-state index in [1.807, 2.05) is 71.9 Å². The molecule has 1 atom stereocenters. The van der Waals surface area contributed by atoms with Crippen molar-refractivity contribution in [3.8, 4) is 28.5 Å². The van der Waals surface area contributed by atoms with Gasteiger partial charge in [0.05, 0.1) is 30.1 Å². The molecule has 52 heavy (non-hydrogen) atoms. The van der Waals surface area contributed by atoms with Crippen molar-refractivity contribution >= 4 is 34.0 Å².